The molecule has 1 rings (SSSR count). The molecular weight excluding hydrogens is 268 g/mol. The first-order valence-corrected chi connectivity index (χ1v) is 6.59. The van der Waals surface area contributed by atoms with Gasteiger partial charge in [-0.2, -0.15) is 0 Å². The second-order valence-electron chi connectivity index (χ2n) is 3.60. The van der Waals surface area contributed by atoms with Crippen LogP contribution in [0.25, 0.3) is 0 Å². The number of nitrogens with zero attached hydrogens (tertiary/aromatic N) is 1. The first kappa shape index (κ1) is 15.7. The van der Waals surface area contributed by atoms with E-state index in [9.17, 15) is 4.79 Å². The van der Waals surface area contributed by atoms with Crippen LogP contribution < -0.4 is 9.50 Å². The summed E-state index contributed by atoms with van der Waals surface area (Å²) < 4.78 is 15.2. The Morgan fingerprint density at radius 1 is 1.37 bits per heavy atom. The molecule has 0 bridgehead atoms. The minimum absolute atomic E-state index is 0.279. The number of aromatic nitrogens is 1. The number of hydrogen-bond acceptors (Lipinski definition) is 6. The van der Waals surface area contributed by atoms with Crippen LogP contribution in [0.1, 0.15) is 5.69 Å². The van der Waals surface area contributed by atoms with Crippen molar-refractivity contribution in [3.63, 3.8) is 0 Å². The van der Waals surface area contributed by atoms with E-state index >= 15 is 0 Å². The summed E-state index contributed by atoms with van der Waals surface area (Å²) in [6.07, 6.45) is 0. The molecule has 0 unspecified atom stereocenters. The number of methoxy groups -OCH3 is 1. The molecule has 7 heteroatoms. The van der Waals surface area contributed by atoms with Crippen molar-refractivity contribution in [1.29, 1.82) is 0 Å². The maximum Gasteiger partial charge on any atom is 0.318 e. The third-order valence-electron chi connectivity index (χ3n) is 2.01. The second kappa shape index (κ2) is 9.60. The third-order valence-corrected chi connectivity index (χ3v) is 2.56. The molecule has 0 aliphatic rings. The molecule has 0 fully saturated rings. The minimum atomic E-state index is -0.279. The fraction of sp³-hybridized carbons (Fsp3) is 0.500. The number of nitrogens with one attached hydrogen (secondary N) is 1. The van der Waals surface area contributed by atoms with E-state index < -0.39 is 0 Å². The van der Waals surface area contributed by atoms with Crippen LogP contribution in [0.3, 0.4) is 0 Å². The summed E-state index contributed by atoms with van der Waals surface area (Å²) in [6, 6.07) is 5.37. The number of carbonyl (C=O) groups is 1. The summed E-state index contributed by atoms with van der Waals surface area (Å²) in [5, 5.41) is 2.37. The second-order valence-corrected chi connectivity index (χ2v) is 4.31. The molecule has 1 amide bonds. The first-order valence-electron chi connectivity index (χ1n) is 5.85. The van der Waals surface area contributed by atoms with Gasteiger partial charge < -0.3 is 19.0 Å². The number of carbonyl (C=O) groups excluding carboxylic acids is 1. The van der Waals surface area contributed by atoms with Crippen LogP contribution >= 0.6 is 12.0 Å². The molecule has 0 aromatic carbocycles. The lowest BCUT2D eigenvalue weighted by atomic mass is 10.4. The number of amides is 1. The van der Waals surface area contributed by atoms with Crippen molar-refractivity contribution in [2.24, 2.45) is 0 Å². The largest absolute Gasteiger partial charge is 0.396 e. The Bertz CT molecular complexity index is 390. The zero-order chi connectivity index (χ0) is 13.9. The van der Waals surface area contributed by atoms with Gasteiger partial charge in [-0.1, -0.05) is 6.07 Å². The van der Waals surface area contributed by atoms with Crippen LogP contribution in [0.5, 0.6) is 5.88 Å². The van der Waals surface area contributed by atoms with Crippen LogP contribution in [0, 0.1) is 6.92 Å². The van der Waals surface area contributed by atoms with Crippen molar-refractivity contribution in [3.05, 3.63) is 23.9 Å². The zero-order valence-electron chi connectivity index (χ0n) is 11.0. The van der Waals surface area contributed by atoms with Crippen LogP contribution in [0.2, 0.25) is 0 Å². The van der Waals surface area contributed by atoms with Crippen LogP contribution in [-0.4, -0.2) is 43.7 Å². The molecule has 106 valence electrons. The SMILES string of the molecule is COCCOCCNC(=O)SOc1cccc(C)n1. The molecule has 1 aromatic rings. The standard InChI is InChI=1S/C12H18N2O4S/c1-10-4-3-5-11(14-10)18-19-12(15)13-6-7-17-9-8-16-2/h3-5H,6-9H2,1-2H3,(H,13,15). The van der Waals surface area contributed by atoms with Gasteiger partial charge in [-0.15, -0.1) is 0 Å². The highest BCUT2D eigenvalue weighted by Crippen LogP contribution is 2.13. The fourth-order valence-electron chi connectivity index (χ4n) is 1.14. The summed E-state index contributed by atoms with van der Waals surface area (Å²) in [6.45, 7) is 3.79. The van der Waals surface area contributed by atoms with Gasteiger partial charge in [-0.25, -0.2) is 4.98 Å². The number of hydrogen-bond donors (Lipinski definition) is 1. The van der Waals surface area contributed by atoms with Gasteiger partial charge >= 0.3 is 5.24 Å². The molecule has 6 nitrogen and oxygen atoms in total. The molecule has 0 spiro atoms. The van der Waals surface area contributed by atoms with Crippen LogP contribution in [0.15, 0.2) is 18.2 Å². The van der Waals surface area contributed by atoms with Crippen molar-refractivity contribution in [2.45, 2.75) is 6.92 Å². The zero-order valence-corrected chi connectivity index (χ0v) is 11.9. The minimum Gasteiger partial charge on any atom is -0.396 e. The highest BCUT2D eigenvalue weighted by atomic mass is 32.2. The Kier molecular flexibility index (Phi) is 7.95. The molecule has 1 N–H and O–H groups in total. The number of pyridine rings is 1. The van der Waals surface area contributed by atoms with Gasteiger partial charge in [0.05, 0.1) is 19.8 Å². The molecule has 0 saturated carbocycles. The molecule has 1 aromatic heterocycles. The average molecular weight is 286 g/mol. The molecule has 1 heterocycles. The lowest BCUT2D eigenvalue weighted by Gasteiger charge is -2.06. The summed E-state index contributed by atoms with van der Waals surface area (Å²) in [7, 11) is 1.61. The molecule has 19 heavy (non-hydrogen) atoms. The van der Waals surface area contributed by atoms with E-state index in [1.54, 1.807) is 13.2 Å². The average Bonchev–Trinajstić information content (AvgIpc) is 2.40. The van der Waals surface area contributed by atoms with Crippen LogP contribution in [-0.2, 0) is 9.47 Å². The predicted octanol–water partition coefficient (Wildman–Crippen LogP) is 1.79. The molecule has 0 saturated heterocycles. The maximum absolute atomic E-state index is 11.4. The van der Waals surface area contributed by atoms with Gasteiger partial charge in [0.25, 0.3) is 0 Å². The van der Waals surface area contributed by atoms with E-state index in [1.165, 1.54) is 0 Å². The Balaban J connectivity index is 2.08. The van der Waals surface area contributed by atoms with E-state index in [4.69, 9.17) is 13.7 Å². The van der Waals surface area contributed by atoms with E-state index in [-0.39, 0.29) is 5.24 Å². The lowest BCUT2D eigenvalue weighted by molar-refractivity contribution is 0.0729. The van der Waals surface area contributed by atoms with E-state index in [0.717, 1.165) is 5.69 Å². The van der Waals surface area contributed by atoms with Crippen molar-refractivity contribution in [2.75, 3.05) is 33.5 Å². The summed E-state index contributed by atoms with van der Waals surface area (Å²) in [4.78, 5) is 15.5. The van der Waals surface area contributed by atoms with Gasteiger partial charge in [0.1, 0.15) is 0 Å². The van der Waals surface area contributed by atoms with Crippen molar-refractivity contribution in [1.82, 2.24) is 10.3 Å². The molecule has 0 aliphatic heterocycles. The Morgan fingerprint density at radius 3 is 2.95 bits per heavy atom. The molecule has 0 radical (unpaired) electrons. The van der Waals surface area contributed by atoms with E-state index in [2.05, 4.69) is 10.3 Å². The smallest absolute Gasteiger partial charge is 0.318 e. The number of aryl methyl sites for hydroxylation is 1. The topological polar surface area (TPSA) is 69.7 Å². The molecular formula is C12H18N2O4S. The fourth-order valence-corrected chi connectivity index (χ4v) is 1.56. The van der Waals surface area contributed by atoms with Gasteiger partial charge in [0.2, 0.25) is 5.88 Å². The first-order chi connectivity index (χ1) is 9.22. The number of rotatable bonds is 8. The maximum atomic E-state index is 11.4. The Morgan fingerprint density at radius 2 is 2.21 bits per heavy atom. The normalized spacial score (nSPS) is 10.2. The number of ether oxygens (including phenoxy) is 2. The predicted molar refractivity (Wildman–Crippen MR) is 73.3 cm³/mol. The monoisotopic (exact) mass is 286 g/mol. The third kappa shape index (κ3) is 7.66. The van der Waals surface area contributed by atoms with E-state index in [1.807, 2.05) is 19.1 Å². The lowest BCUT2D eigenvalue weighted by Crippen LogP contribution is -2.24. The summed E-state index contributed by atoms with van der Waals surface area (Å²) in [5.41, 5.74) is 0.838. The highest BCUT2D eigenvalue weighted by molar-refractivity contribution is 8.09. The summed E-state index contributed by atoms with van der Waals surface area (Å²) in [5.74, 6) is 0.413. The van der Waals surface area contributed by atoms with Gasteiger partial charge in [0.15, 0.2) is 12.0 Å². The quantitative estimate of drug-likeness (QED) is 0.580. The van der Waals surface area contributed by atoms with E-state index in [0.29, 0.717) is 44.3 Å². The van der Waals surface area contributed by atoms with Gasteiger partial charge in [-0.3, -0.25) is 4.79 Å². The van der Waals surface area contributed by atoms with Crippen LogP contribution in [0.4, 0.5) is 4.79 Å². The van der Waals surface area contributed by atoms with Crippen molar-refractivity contribution in [3.8, 4) is 5.88 Å². The Hall–Kier alpha value is -1.31. The highest BCUT2D eigenvalue weighted by Gasteiger charge is 2.05. The van der Waals surface area contributed by atoms with Gasteiger partial charge in [0, 0.05) is 25.4 Å². The molecule has 0 atom stereocenters. The van der Waals surface area contributed by atoms with Crippen molar-refractivity contribution >= 4 is 17.3 Å². The molecule has 0 aliphatic carbocycles. The Labute approximate surface area is 117 Å². The van der Waals surface area contributed by atoms with Crippen molar-refractivity contribution < 1.29 is 18.5 Å². The van der Waals surface area contributed by atoms with Gasteiger partial charge in [-0.05, 0) is 13.0 Å². The summed E-state index contributed by atoms with van der Waals surface area (Å²) >= 11 is 0.714.